The molecule has 0 saturated heterocycles. The fraction of sp³-hybridized carbons (Fsp3) is 0.125. The van der Waals surface area contributed by atoms with Crippen molar-refractivity contribution in [1.29, 1.82) is 0 Å². The molecule has 110 valence electrons. The first-order chi connectivity index (χ1) is 10.8. The number of carbonyl (C=O) groups excluding carboxylic acids is 1. The summed E-state index contributed by atoms with van der Waals surface area (Å²) in [5.41, 5.74) is 1.93. The average molecular weight is 294 g/mol. The second-order valence-electron chi connectivity index (χ2n) is 4.70. The topological polar surface area (TPSA) is 69.9 Å². The van der Waals surface area contributed by atoms with Crippen LogP contribution in [0.15, 0.2) is 55.4 Å². The van der Waals surface area contributed by atoms with Crippen molar-refractivity contribution in [2.24, 2.45) is 0 Å². The summed E-state index contributed by atoms with van der Waals surface area (Å²) in [5, 5.41) is 0. The van der Waals surface area contributed by atoms with Crippen molar-refractivity contribution in [2.45, 2.75) is 6.54 Å². The highest BCUT2D eigenvalue weighted by Crippen LogP contribution is 2.12. The van der Waals surface area contributed by atoms with Crippen molar-refractivity contribution < 1.29 is 9.53 Å². The number of methoxy groups -OCH3 is 1. The molecule has 0 bridgehead atoms. The Bertz CT molecular complexity index is 784. The Labute approximate surface area is 127 Å². The second kappa shape index (κ2) is 6.17. The van der Waals surface area contributed by atoms with Crippen molar-refractivity contribution in [3.63, 3.8) is 0 Å². The van der Waals surface area contributed by atoms with Gasteiger partial charge in [-0.15, -0.1) is 0 Å². The molecule has 6 heteroatoms. The lowest BCUT2D eigenvalue weighted by atomic mass is 10.1. The molecule has 0 saturated carbocycles. The van der Waals surface area contributed by atoms with Crippen LogP contribution in [0.1, 0.15) is 21.6 Å². The summed E-state index contributed by atoms with van der Waals surface area (Å²) in [5.74, 6) is 0.473. The van der Waals surface area contributed by atoms with E-state index in [1.807, 2.05) is 22.9 Å². The minimum absolute atomic E-state index is 0.0991. The highest BCUT2D eigenvalue weighted by Gasteiger charge is 2.11. The molecule has 3 heterocycles. The van der Waals surface area contributed by atoms with E-state index in [1.54, 1.807) is 25.4 Å². The molecule has 0 aliphatic carbocycles. The van der Waals surface area contributed by atoms with Gasteiger partial charge in [-0.05, 0) is 12.1 Å². The van der Waals surface area contributed by atoms with Crippen LogP contribution in [0.4, 0.5) is 0 Å². The molecule has 0 unspecified atom stereocenters. The molecule has 0 amide bonds. The number of ketones is 1. The molecule has 0 spiro atoms. The molecule has 0 radical (unpaired) electrons. The summed E-state index contributed by atoms with van der Waals surface area (Å²) in [4.78, 5) is 24.4. The van der Waals surface area contributed by atoms with E-state index in [4.69, 9.17) is 4.74 Å². The zero-order valence-corrected chi connectivity index (χ0v) is 12.0. The molecule has 3 aromatic rings. The number of nitrogens with zero attached hydrogens (tertiary/aromatic N) is 4. The lowest BCUT2D eigenvalue weighted by Gasteiger charge is -2.04. The van der Waals surface area contributed by atoms with Gasteiger partial charge in [0.1, 0.15) is 6.33 Å². The molecular formula is C16H14N4O2. The number of carbonyl (C=O) groups is 1. The van der Waals surface area contributed by atoms with Crippen LogP contribution < -0.4 is 4.74 Å². The summed E-state index contributed by atoms with van der Waals surface area (Å²) in [7, 11) is 1.58. The number of hydrogen-bond donors (Lipinski definition) is 0. The van der Waals surface area contributed by atoms with E-state index in [1.165, 1.54) is 18.7 Å². The molecule has 0 N–H and O–H groups in total. The maximum Gasteiger partial charge on any atom is 0.213 e. The van der Waals surface area contributed by atoms with Crippen molar-refractivity contribution >= 4 is 5.78 Å². The Morgan fingerprint density at radius 2 is 2.00 bits per heavy atom. The van der Waals surface area contributed by atoms with Crippen LogP contribution >= 0.6 is 0 Å². The van der Waals surface area contributed by atoms with Gasteiger partial charge in [-0.25, -0.2) is 15.0 Å². The molecule has 0 aromatic carbocycles. The van der Waals surface area contributed by atoms with E-state index < -0.39 is 0 Å². The molecular weight excluding hydrogens is 280 g/mol. The van der Waals surface area contributed by atoms with E-state index >= 15 is 0 Å². The molecule has 0 atom stereocenters. The van der Waals surface area contributed by atoms with Gasteiger partial charge in [-0.1, -0.05) is 6.07 Å². The lowest BCUT2D eigenvalue weighted by Crippen LogP contribution is -2.03. The quantitative estimate of drug-likeness (QED) is 0.673. The van der Waals surface area contributed by atoms with Crippen LogP contribution in [0.5, 0.6) is 5.88 Å². The van der Waals surface area contributed by atoms with Gasteiger partial charge < -0.3 is 9.30 Å². The first-order valence-corrected chi connectivity index (χ1v) is 6.71. The fourth-order valence-electron chi connectivity index (χ4n) is 2.10. The summed E-state index contributed by atoms with van der Waals surface area (Å²) < 4.78 is 7.01. The van der Waals surface area contributed by atoms with Gasteiger partial charge >= 0.3 is 0 Å². The standard InChI is InChI=1S/C16H14N4O2/c1-22-15-4-2-3-14(19-15)10-20-6-5-12(9-20)16(21)13-7-17-11-18-8-13/h2-9,11H,10H2,1H3. The molecule has 0 aliphatic rings. The number of rotatable bonds is 5. The van der Waals surface area contributed by atoms with Crippen molar-refractivity contribution in [3.8, 4) is 5.88 Å². The minimum Gasteiger partial charge on any atom is -0.481 e. The van der Waals surface area contributed by atoms with Gasteiger partial charge in [0.25, 0.3) is 0 Å². The normalized spacial score (nSPS) is 10.4. The van der Waals surface area contributed by atoms with Crippen molar-refractivity contribution in [3.05, 3.63) is 72.2 Å². The Morgan fingerprint density at radius 3 is 2.77 bits per heavy atom. The van der Waals surface area contributed by atoms with Crippen molar-refractivity contribution in [1.82, 2.24) is 19.5 Å². The van der Waals surface area contributed by atoms with Crippen LogP contribution in [-0.2, 0) is 6.54 Å². The number of pyridine rings is 1. The monoisotopic (exact) mass is 294 g/mol. The maximum atomic E-state index is 12.3. The maximum absolute atomic E-state index is 12.3. The third kappa shape index (κ3) is 3.01. The van der Waals surface area contributed by atoms with Gasteiger partial charge in [0.15, 0.2) is 5.78 Å². The predicted molar refractivity (Wildman–Crippen MR) is 79.8 cm³/mol. The van der Waals surface area contributed by atoms with Crippen LogP contribution in [0, 0.1) is 0 Å². The second-order valence-corrected chi connectivity index (χ2v) is 4.70. The average Bonchev–Trinajstić information content (AvgIpc) is 3.03. The van der Waals surface area contributed by atoms with Crippen LogP contribution in [-0.4, -0.2) is 32.4 Å². The van der Waals surface area contributed by atoms with Gasteiger partial charge in [-0.3, -0.25) is 4.79 Å². The molecule has 3 rings (SSSR count). The highest BCUT2D eigenvalue weighted by atomic mass is 16.5. The van der Waals surface area contributed by atoms with Crippen LogP contribution in [0.2, 0.25) is 0 Å². The molecule has 22 heavy (non-hydrogen) atoms. The first kappa shape index (κ1) is 13.9. The lowest BCUT2D eigenvalue weighted by molar-refractivity contribution is 0.103. The highest BCUT2D eigenvalue weighted by molar-refractivity contribution is 6.08. The minimum atomic E-state index is -0.0991. The van der Waals surface area contributed by atoms with Crippen LogP contribution in [0.25, 0.3) is 0 Å². The molecule has 3 aromatic heterocycles. The van der Waals surface area contributed by atoms with E-state index in [0.717, 1.165) is 5.69 Å². The predicted octanol–water partition coefficient (Wildman–Crippen LogP) is 1.96. The Morgan fingerprint density at radius 1 is 1.18 bits per heavy atom. The zero-order chi connectivity index (χ0) is 15.4. The number of aromatic nitrogens is 4. The zero-order valence-electron chi connectivity index (χ0n) is 12.0. The fourth-order valence-corrected chi connectivity index (χ4v) is 2.10. The number of ether oxygens (including phenoxy) is 1. The van der Waals surface area contributed by atoms with E-state index in [-0.39, 0.29) is 5.78 Å². The third-order valence-electron chi connectivity index (χ3n) is 3.17. The molecule has 0 fully saturated rings. The summed E-state index contributed by atoms with van der Waals surface area (Å²) >= 11 is 0. The van der Waals surface area contributed by atoms with Gasteiger partial charge in [-0.2, -0.15) is 0 Å². The van der Waals surface area contributed by atoms with E-state index in [9.17, 15) is 4.79 Å². The van der Waals surface area contributed by atoms with Gasteiger partial charge in [0, 0.05) is 36.4 Å². The van der Waals surface area contributed by atoms with E-state index in [0.29, 0.717) is 23.6 Å². The SMILES string of the molecule is COc1cccc(Cn2ccc(C(=O)c3cncnc3)c2)n1. The van der Waals surface area contributed by atoms with E-state index in [2.05, 4.69) is 15.0 Å². The number of hydrogen-bond acceptors (Lipinski definition) is 5. The smallest absolute Gasteiger partial charge is 0.213 e. The Balaban J connectivity index is 1.77. The first-order valence-electron chi connectivity index (χ1n) is 6.71. The summed E-state index contributed by atoms with van der Waals surface area (Å²) in [6, 6.07) is 7.37. The molecule has 6 nitrogen and oxygen atoms in total. The third-order valence-corrected chi connectivity index (χ3v) is 3.17. The molecule has 0 aliphatic heterocycles. The summed E-state index contributed by atoms with van der Waals surface area (Å²) in [6.45, 7) is 0.565. The van der Waals surface area contributed by atoms with Crippen LogP contribution in [0.3, 0.4) is 0 Å². The van der Waals surface area contributed by atoms with Gasteiger partial charge in [0.05, 0.1) is 24.9 Å². The van der Waals surface area contributed by atoms with Crippen molar-refractivity contribution in [2.75, 3.05) is 7.11 Å². The Hall–Kier alpha value is -3.02. The Kier molecular flexibility index (Phi) is 3.91. The van der Waals surface area contributed by atoms with Gasteiger partial charge in [0.2, 0.25) is 5.88 Å². The largest absolute Gasteiger partial charge is 0.481 e. The summed E-state index contributed by atoms with van der Waals surface area (Å²) in [6.07, 6.45) is 8.05.